The third-order valence-corrected chi connectivity index (χ3v) is 4.63. The summed E-state index contributed by atoms with van der Waals surface area (Å²) in [6.45, 7) is 8.92. The number of esters is 1. The first kappa shape index (κ1) is 22.5. The summed E-state index contributed by atoms with van der Waals surface area (Å²) in [4.78, 5) is 18.8. The van der Waals surface area contributed by atoms with Crippen molar-refractivity contribution < 1.29 is 14.3 Å². The van der Waals surface area contributed by atoms with Gasteiger partial charge >= 0.3 is 5.97 Å². The first-order valence-electron chi connectivity index (χ1n) is 8.74. The molecule has 7 heteroatoms. The van der Waals surface area contributed by atoms with E-state index in [1.807, 2.05) is 26.0 Å². The highest BCUT2D eigenvalue weighted by atomic mass is 127. The van der Waals surface area contributed by atoms with Crippen LogP contribution in [0.1, 0.15) is 25.0 Å². The Bertz CT molecular complexity index is 636. The van der Waals surface area contributed by atoms with E-state index in [0.717, 1.165) is 35.9 Å². The minimum atomic E-state index is -0.144. The van der Waals surface area contributed by atoms with Crippen molar-refractivity contribution in [3.05, 3.63) is 29.3 Å². The molecular weight excluding hydrogens is 445 g/mol. The lowest BCUT2D eigenvalue weighted by atomic mass is 9.99. The van der Waals surface area contributed by atoms with E-state index < -0.39 is 0 Å². The van der Waals surface area contributed by atoms with Gasteiger partial charge in [-0.1, -0.05) is 19.1 Å². The van der Waals surface area contributed by atoms with Crippen LogP contribution in [0.3, 0.4) is 0 Å². The second-order valence-corrected chi connectivity index (χ2v) is 6.49. The second-order valence-electron chi connectivity index (χ2n) is 6.49. The van der Waals surface area contributed by atoms with Gasteiger partial charge in [0.25, 0.3) is 0 Å². The maximum absolute atomic E-state index is 11.9. The van der Waals surface area contributed by atoms with E-state index in [0.29, 0.717) is 13.1 Å². The minimum absolute atomic E-state index is 0. The molecule has 1 aliphatic rings. The molecule has 1 aromatic rings. The van der Waals surface area contributed by atoms with E-state index in [4.69, 9.17) is 14.5 Å². The van der Waals surface area contributed by atoms with Crippen molar-refractivity contribution in [3.8, 4) is 5.75 Å². The Morgan fingerprint density at radius 1 is 1.35 bits per heavy atom. The molecule has 6 nitrogen and oxygen atoms in total. The van der Waals surface area contributed by atoms with Gasteiger partial charge in [-0.25, -0.2) is 4.99 Å². The van der Waals surface area contributed by atoms with Gasteiger partial charge < -0.3 is 19.7 Å². The quantitative estimate of drug-likeness (QED) is 0.307. The first-order valence-corrected chi connectivity index (χ1v) is 8.74. The Morgan fingerprint density at radius 2 is 2.08 bits per heavy atom. The van der Waals surface area contributed by atoms with Crippen LogP contribution >= 0.6 is 24.0 Å². The number of hydrogen-bond acceptors (Lipinski definition) is 4. The maximum Gasteiger partial charge on any atom is 0.310 e. The number of benzene rings is 1. The molecule has 1 aromatic carbocycles. The molecule has 1 N–H and O–H groups in total. The largest absolute Gasteiger partial charge is 0.496 e. The fraction of sp³-hybridized carbons (Fsp3) is 0.579. The van der Waals surface area contributed by atoms with Crippen molar-refractivity contribution in [1.82, 2.24) is 10.2 Å². The van der Waals surface area contributed by atoms with E-state index in [9.17, 15) is 4.79 Å². The molecule has 0 aliphatic carbocycles. The van der Waals surface area contributed by atoms with Crippen LogP contribution in [0.25, 0.3) is 0 Å². The van der Waals surface area contributed by atoms with Crippen molar-refractivity contribution in [2.75, 3.05) is 33.9 Å². The molecule has 1 aliphatic heterocycles. The maximum atomic E-state index is 11.9. The van der Waals surface area contributed by atoms with Crippen LogP contribution in [0.15, 0.2) is 23.2 Å². The van der Waals surface area contributed by atoms with Crippen molar-refractivity contribution in [2.24, 2.45) is 16.8 Å². The molecule has 146 valence electrons. The number of aliphatic imine (C=N–C) groups is 1. The van der Waals surface area contributed by atoms with Gasteiger partial charge in [0.15, 0.2) is 5.96 Å². The van der Waals surface area contributed by atoms with Crippen LogP contribution in [0.2, 0.25) is 0 Å². The van der Waals surface area contributed by atoms with Crippen molar-refractivity contribution in [2.45, 2.75) is 27.3 Å². The second kappa shape index (κ2) is 10.6. The Kier molecular flexibility index (Phi) is 9.18. The third-order valence-electron chi connectivity index (χ3n) is 4.63. The Morgan fingerprint density at radius 3 is 2.69 bits per heavy atom. The molecular formula is C19H30IN3O3. The highest BCUT2D eigenvalue weighted by Gasteiger charge is 2.36. The molecule has 2 rings (SSSR count). The molecule has 0 spiro atoms. The van der Waals surface area contributed by atoms with Crippen LogP contribution in [0.4, 0.5) is 0 Å². The normalized spacial score (nSPS) is 19.7. The Hall–Kier alpha value is -1.51. The molecule has 1 saturated heterocycles. The van der Waals surface area contributed by atoms with Gasteiger partial charge in [-0.15, -0.1) is 24.0 Å². The van der Waals surface area contributed by atoms with Gasteiger partial charge in [0.2, 0.25) is 0 Å². The molecule has 1 heterocycles. The molecule has 2 unspecified atom stereocenters. The van der Waals surface area contributed by atoms with Crippen molar-refractivity contribution in [3.63, 3.8) is 0 Å². The number of hydrogen-bond donors (Lipinski definition) is 1. The molecule has 0 bridgehead atoms. The molecule has 26 heavy (non-hydrogen) atoms. The summed E-state index contributed by atoms with van der Waals surface area (Å²) in [7, 11) is 3.12. The predicted molar refractivity (Wildman–Crippen MR) is 114 cm³/mol. The van der Waals surface area contributed by atoms with E-state index >= 15 is 0 Å². The first-order chi connectivity index (χ1) is 12.0. The number of likely N-dealkylation sites (tertiary alicyclic amines) is 1. The summed E-state index contributed by atoms with van der Waals surface area (Å²) < 4.78 is 10.3. The zero-order valence-electron chi connectivity index (χ0n) is 16.2. The van der Waals surface area contributed by atoms with Crippen LogP contribution in [0.5, 0.6) is 5.75 Å². The fourth-order valence-corrected chi connectivity index (χ4v) is 3.15. The number of halogens is 1. The summed E-state index contributed by atoms with van der Waals surface area (Å²) >= 11 is 0. The SMILES string of the molecule is CCNC(=NCc1ccc(C)c(OC)c1)N1CC(C)C(C(=O)OC)C1.I. The Balaban J connectivity index is 0.00000338. The molecule has 0 radical (unpaired) electrons. The number of rotatable bonds is 5. The Labute approximate surface area is 173 Å². The van der Waals surface area contributed by atoms with E-state index in [1.54, 1.807) is 7.11 Å². The van der Waals surface area contributed by atoms with Crippen molar-refractivity contribution in [1.29, 1.82) is 0 Å². The highest BCUT2D eigenvalue weighted by molar-refractivity contribution is 14.0. The van der Waals surface area contributed by atoms with Gasteiger partial charge in [0.05, 0.1) is 26.7 Å². The predicted octanol–water partition coefficient (Wildman–Crippen LogP) is 2.83. The number of carbonyl (C=O) groups is 1. The van der Waals surface area contributed by atoms with Gasteiger partial charge in [-0.2, -0.15) is 0 Å². The standard InChI is InChI=1S/C19H29N3O3.HI/c1-6-20-19(22-11-14(3)16(12-22)18(23)25-5)21-10-15-8-7-13(2)17(9-15)24-4;/h7-9,14,16H,6,10-12H2,1-5H3,(H,20,21);1H. The summed E-state index contributed by atoms with van der Waals surface area (Å²) in [6, 6.07) is 6.13. The van der Waals surface area contributed by atoms with Crippen molar-refractivity contribution >= 4 is 35.9 Å². The van der Waals surface area contributed by atoms with Gasteiger partial charge in [0, 0.05) is 19.6 Å². The number of carbonyl (C=O) groups excluding carboxylic acids is 1. The number of aryl methyl sites for hydroxylation is 1. The number of guanidine groups is 1. The van der Waals surface area contributed by atoms with E-state index in [-0.39, 0.29) is 41.8 Å². The van der Waals surface area contributed by atoms with Crippen LogP contribution in [0, 0.1) is 18.8 Å². The summed E-state index contributed by atoms with van der Waals surface area (Å²) in [5, 5.41) is 3.33. The van der Waals surface area contributed by atoms with Crippen LogP contribution in [-0.4, -0.2) is 50.7 Å². The third kappa shape index (κ3) is 5.49. The van der Waals surface area contributed by atoms with E-state index in [2.05, 4.69) is 23.2 Å². The van der Waals surface area contributed by atoms with Gasteiger partial charge in [-0.3, -0.25) is 4.79 Å². The average Bonchev–Trinajstić information content (AvgIpc) is 3.00. The smallest absolute Gasteiger partial charge is 0.310 e. The average molecular weight is 475 g/mol. The van der Waals surface area contributed by atoms with E-state index in [1.165, 1.54) is 7.11 Å². The zero-order chi connectivity index (χ0) is 18.4. The monoisotopic (exact) mass is 475 g/mol. The molecule has 1 fully saturated rings. The number of nitrogens with one attached hydrogen (secondary N) is 1. The van der Waals surface area contributed by atoms with Gasteiger partial charge in [-0.05, 0) is 37.0 Å². The molecule has 0 aromatic heterocycles. The lowest BCUT2D eigenvalue weighted by molar-refractivity contribution is -0.145. The summed E-state index contributed by atoms with van der Waals surface area (Å²) in [5.41, 5.74) is 2.20. The van der Waals surface area contributed by atoms with Gasteiger partial charge in [0.1, 0.15) is 5.75 Å². The highest BCUT2D eigenvalue weighted by Crippen LogP contribution is 2.24. The zero-order valence-corrected chi connectivity index (χ0v) is 18.6. The lowest BCUT2D eigenvalue weighted by Gasteiger charge is -2.21. The fourth-order valence-electron chi connectivity index (χ4n) is 3.15. The summed E-state index contributed by atoms with van der Waals surface area (Å²) in [6.07, 6.45) is 0. The van der Waals surface area contributed by atoms with Crippen LogP contribution < -0.4 is 10.1 Å². The summed E-state index contributed by atoms with van der Waals surface area (Å²) in [5.74, 6) is 1.71. The topological polar surface area (TPSA) is 63.2 Å². The number of methoxy groups -OCH3 is 2. The molecule has 0 saturated carbocycles. The molecule has 2 atom stereocenters. The number of nitrogens with zero attached hydrogens (tertiary/aromatic N) is 2. The molecule has 0 amide bonds. The lowest BCUT2D eigenvalue weighted by Crippen LogP contribution is -2.40. The van der Waals surface area contributed by atoms with Crippen LogP contribution in [-0.2, 0) is 16.1 Å². The number of ether oxygens (including phenoxy) is 2. The minimum Gasteiger partial charge on any atom is -0.496 e.